The Bertz CT molecular complexity index is 669. The molecule has 0 unspecified atom stereocenters. The van der Waals surface area contributed by atoms with Crippen LogP contribution in [-0.2, 0) is 11.3 Å². The standard InChI is InChI=1S/C17H17NO4/c1-18(10-12-6-8-13(19)9-7-12)17(20)16-11-21-14-4-2-3-5-15(14)22-16/h2-9,16,19H,10-11H2,1H3/t16-/m1/s1. The summed E-state index contributed by atoms with van der Waals surface area (Å²) in [6.07, 6.45) is -0.642. The van der Waals surface area contributed by atoms with Crippen molar-refractivity contribution in [1.82, 2.24) is 4.90 Å². The van der Waals surface area contributed by atoms with E-state index in [0.717, 1.165) is 5.56 Å². The topological polar surface area (TPSA) is 59.0 Å². The van der Waals surface area contributed by atoms with Gasteiger partial charge in [0.15, 0.2) is 11.5 Å². The van der Waals surface area contributed by atoms with Crippen molar-refractivity contribution in [2.75, 3.05) is 13.7 Å². The van der Waals surface area contributed by atoms with Crippen LogP contribution in [0, 0.1) is 0 Å². The summed E-state index contributed by atoms with van der Waals surface area (Å²) in [6, 6.07) is 14.1. The van der Waals surface area contributed by atoms with Crippen LogP contribution in [0.3, 0.4) is 0 Å². The molecule has 3 rings (SSSR count). The first kappa shape index (κ1) is 14.3. The molecule has 2 aromatic carbocycles. The SMILES string of the molecule is CN(Cc1ccc(O)cc1)C(=O)[C@H]1COc2ccccc2O1. The Morgan fingerprint density at radius 1 is 1.18 bits per heavy atom. The molecule has 1 heterocycles. The molecule has 1 atom stereocenters. The van der Waals surface area contributed by atoms with E-state index in [1.54, 1.807) is 42.3 Å². The molecule has 114 valence electrons. The zero-order valence-electron chi connectivity index (χ0n) is 12.2. The fourth-order valence-electron chi connectivity index (χ4n) is 2.34. The van der Waals surface area contributed by atoms with Crippen molar-refractivity contribution >= 4 is 5.91 Å². The summed E-state index contributed by atoms with van der Waals surface area (Å²) in [5, 5.41) is 9.28. The summed E-state index contributed by atoms with van der Waals surface area (Å²) >= 11 is 0. The van der Waals surface area contributed by atoms with Crippen LogP contribution >= 0.6 is 0 Å². The summed E-state index contributed by atoms with van der Waals surface area (Å²) in [6.45, 7) is 0.649. The first-order chi connectivity index (χ1) is 10.6. The van der Waals surface area contributed by atoms with Gasteiger partial charge in [-0.1, -0.05) is 24.3 Å². The second-order valence-electron chi connectivity index (χ2n) is 5.22. The minimum atomic E-state index is -0.642. The largest absolute Gasteiger partial charge is 0.508 e. The van der Waals surface area contributed by atoms with Crippen molar-refractivity contribution in [2.24, 2.45) is 0 Å². The van der Waals surface area contributed by atoms with E-state index in [9.17, 15) is 9.90 Å². The van der Waals surface area contributed by atoms with E-state index in [1.165, 1.54) is 0 Å². The summed E-state index contributed by atoms with van der Waals surface area (Å²) in [5.41, 5.74) is 0.936. The monoisotopic (exact) mass is 299 g/mol. The highest BCUT2D eigenvalue weighted by Gasteiger charge is 2.29. The fourth-order valence-corrected chi connectivity index (χ4v) is 2.34. The van der Waals surface area contributed by atoms with Crippen LogP contribution in [0.4, 0.5) is 0 Å². The maximum Gasteiger partial charge on any atom is 0.267 e. The predicted molar refractivity (Wildman–Crippen MR) is 80.9 cm³/mol. The number of aromatic hydroxyl groups is 1. The highest BCUT2D eigenvalue weighted by atomic mass is 16.6. The van der Waals surface area contributed by atoms with Crippen molar-refractivity contribution in [3.63, 3.8) is 0 Å². The van der Waals surface area contributed by atoms with Crippen LogP contribution in [0.25, 0.3) is 0 Å². The molecule has 0 saturated heterocycles. The number of carbonyl (C=O) groups is 1. The Hall–Kier alpha value is -2.69. The normalized spacial score (nSPS) is 16.1. The fraction of sp³-hybridized carbons (Fsp3) is 0.235. The molecule has 1 amide bonds. The van der Waals surface area contributed by atoms with Crippen LogP contribution in [0.1, 0.15) is 5.56 Å². The van der Waals surface area contributed by atoms with Crippen molar-refractivity contribution in [1.29, 1.82) is 0 Å². The second-order valence-corrected chi connectivity index (χ2v) is 5.22. The predicted octanol–water partition coefficient (Wildman–Crippen LogP) is 2.19. The third-order valence-corrected chi connectivity index (χ3v) is 3.52. The molecule has 0 aromatic heterocycles. The lowest BCUT2D eigenvalue weighted by Crippen LogP contribution is -2.44. The number of ether oxygens (including phenoxy) is 2. The van der Waals surface area contributed by atoms with E-state index in [2.05, 4.69) is 0 Å². The van der Waals surface area contributed by atoms with Gasteiger partial charge >= 0.3 is 0 Å². The van der Waals surface area contributed by atoms with Gasteiger partial charge in [-0.3, -0.25) is 4.79 Å². The molecule has 1 aliphatic heterocycles. The molecule has 5 nitrogen and oxygen atoms in total. The van der Waals surface area contributed by atoms with Gasteiger partial charge in [-0.05, 0) is 29.8 Å². The van der Waals surface area contributed by atoms with Crippen LogP contribution < -0.4 is 9.47 Å². The molecule has 0 radical (unpaired) electrons. The number of hydrogen-bond acceptors (Lipinski definition) is 4. The molecule has 1 N–H and O–H groups in total. The number of amides is 1. The molecule has 0 fully saturated rings. The number of fused-ring (bicyclic) bond motifs is 1. The summed E-state index contributed by atoms with van der Waals surface area (Å²) in [5.74, 6) is 1.32. The summed E-state index contributed by atoms with van der Waals surface area (Å²) in [4.78, 5) is 14.0. The van der Waals surface area contributed by atoms with Gasteiger partial charge in [-0.2, -0.15) is 0 Å². The number of para-hydroxylation sites is 2. The minimum Gasteiger partial charge on any atom is -0.508 e. The minimum absolute atomic E-state index is 0.137. The Balaban J connectivity index is 1.65. The maximum atomic E-state index is 12.5. The van der Waals surface area contributed by atoms with Crippen LogP contribution in [0.5, 0.6) is 17.2 Å². The Labute approximate surface area is 128 Å². The lowest BCUT2D eigenvalue weighted by atomic mass is 10.2. The van der Waals surface area contributed by atoms with E-state index >= 15 is 0 Å². The van der Waals surface area contributed by atoms with Crippen LogP contribution in [0.2, 0.25) is 0 Å². The zero-order valence-corrected chi connectivity index (χ0v) is 12.2. The van der Waals surface area contributed by atoms with E-state index in [1.807, 2.05) is 18.2 Å². The summed E-state index contributed by atoms with van der Waals surface area (Å²) in [7, 11) is 1.72. The first-order valence-corrected chi connectivity index (χ1v) is 7.05. The molecular formula is C17H17NO4. The Kier molecular flexibility index (Phi) is 3.87. The van der Waals surface area contributed by atoms with Crippen molar-refractivity contribution in [2.45, 2.75) is 12.6 Å². The molecular weight excluding hydrogens is 282 g/mol. The van der Waals surface area contributed by atoms with Crippen molar-refractivity contribution in [3.8, 4) is 17.2 Å². The molecule has 0 aliphatic carbocycles. The number of hydrogen-bond donors (Lipinski definition) is 1. The number of rotatable bonds is 3. The van der Waals surface area contributed by atoms with Gasteiger partial charge in [-0.25, -0.2) is 0 Å². The molecule has 0 bridgehead atoms. The number of phenolic OH excluding ortho intramolecular Hbond substituents is 1. The van der Waals surface area contributed by atoms with Crippen LogP contribution in [-0.4, -0.2) is 35.7 Å². The maximum absolute atomic E-state index is 12.5. The van der Waals surface area contributed by atoms with Crippen molar-refractivity contribution < 1.29 is 19.4 Å². The third-order valence-electron chi connectivity index (χ3n) is 3.52. The van der Waals surface area contributed by atoms with Gasteiger partial charge in [0, 0.05) is 13.6 Å². The quantitative estimate of drug-likeness (QED) is 0.944. The second kappa shape index (κ2) is 5.97. The van der Waals surface area contributed by atoms with E-state index in [-0.39, 0.29) is 18.3 Å². The van der Waals surface area contributed by atoms with E-state index in [4.69, 9.17) is 9.47 Å². The average Bonchev–Trinajstić information content (AvgIpc) is 2.55. The van der Waals surface area contributed by atoms with Gasteiger partial charge in [0.1, 0.15) is 12.4 Å². The number of nitrogens with zero attached hydrogens (tertiary/aromatic N) is 1. The smallest absolute Gasteiger partial charge is 0.267 e. The zero-order chi connectivity index (χ0) is 15.5. The molecule has 5 heteroatoms. The van der Waals surface area contributed by atoms with Gasteiger partial charge < -0.3 is 19.5 Å². The van der Waals surface area contributed by atoms with Crippen molar-refractivity contribution in [3.05, 3.63) is 54.1 Å². The molecule has 1 aliphatic rings. The van der Waals surface area contributed by atoms with Gasteiger partial charge in [0.2, 0.25) is 6.10 Å². The third kappa shape index (κ3) is 2.98. The molecule has 2 aromatic rings. The van der Waals surface area contributed by atoms with Gasteiger partial charge in [0.05, 0.1) is 0 Å². The number of benzene rings is 2. The average molecular weight is 299 g/mol. The van der Waals surface area contributed by atoms with Gasteiger partial charge in [-0.15, -0.1) is 0 Å². The molecule has 0 saturated carbocycles. The Morgan fingerprint density at radius 2 is 1.86 bits per heavy atom. The Morgan fingerprint density at radius 3 is 2.59 bits per heavy atom. The van der Waals surface area contributed by atoms with Crippen LogP contribution in [0.15, 0.2) is 48.5 Å². The lowest BCUT2D eigenvalue weighted by Gasteiger charge is -2.28. The van der Waals surface area contributed by atoms with E-state index < -0.39 is 6.10 Å². The molecule has 22 heavy (non-hydrogen) atoms. The summed E-state index contributed by atoms with van der Waals surface area (Å²) < 4.78 is 11.3. The first-order valence-electron chi connectivity index (χ1n) is 7.05. The lowest BCUT2D eigenvalue weighted by molar-refractivity contribution is -0.140. The number of likely N-dealkylation sites (N-methyl/N-ethyl adjacent to an activating group) is 1. The van der Waals surface area contributed by atoms with E-state index in [0.29, 0.717) is 18.0 Å². The number of carbonyl (C=O) groups excluding carboxylic acids is 1. The number of phenols is 1. The highest BCUT2D eigenvalue weighted by molar-refractivity contribution is 5.81. The van der Waals surface area contributed by atoms with Gasteiger partial charge in [0.25, 0.3) is 5.91 Å². The molecule has 0 spiro atoms. The highest BCUT2D eigenvalue weighted by Crippen LogP contribution is 2.31.